The molecule has 0 saturated heterocycles. The Bertz CT molecular complexity index is 412. The van der Waals surface area contributed by atoms with Crippen molar-refractivity contribution < 1.29 is 14.3 Å². The van der Waals surface area contributed by atoms with Gasteiger partial charge in [0.05, 0.1) is 12.0 Å². The summed E-state index contributed by atoms with van der Waals surface area (Å²) in [5, 5.41) is 0. The summed E-state index contributed by atoms with van der Waals surface area (Å²) >= 11 is 0. The molecule has 0 fully saturated rings. The number of carbonyl (C=O) groups excluding carboxylic acids is 1. The smallest absolute Gasteiger partial charge is 0.313 e. The second-order valence-electron chi connectivity index (χ2n) is 5.97. The van der Waals surface area contributed by atoms with E-state index in [1.54, 1.807) is 0 Å². The quantitative estimate of drug-likeness (QED) is 0.501. The molecule has 3 nitrogen and oxygen atoms in total. The highest BCUT2D eigenvalue weighted by Gasteiger charge is 2.29. The van der Waals surface area contributed by atoms with Crippen molar-refractivity contribution in [1.82, 2.24) is 0 Å². The van der Waals surface area contributed by atoms with Crippen LogP contribution in [-0.2, 0) is 20.7 Å². The predicted molar refractivity (Wildman–Crippen MR) is 85.0 cm³/mol. The summed E-state index contributed by atoms with van der Waals surface area (Å²) in [6.45, 7) is 8.43. The van der Waals surface area contributed by atoms with Crippen molar-refractivity contribution in [3.05, 3.63) is 35.9 Å². The van der Waals surface area contributed by atoms with Gasteiger partial charge in [-0.05, 0) is 32.3 Å². The van der Waals surface area contributed by atoms with Crippen LogP contribution in [0.25, 0.3) is 0 Å². The minimum absolute atomic E-state index is 0.178. The highest BCUT2D eigenvalue weighted by atomic mass is 16.7. The maximum atomic E-state index is 12.1. The Balaban J connectivity index is 2.44. The molecule has 0 aliphatic rings. The molecule has 0 saturated carbocycles. The van der Waals surface area contributed by atoms with Crippen LogP contribution in [-0.4, -0.2) is 18.9 Å². The summed E-state index contributed by atoms with van der Waals surface area (Å²) < 4.78 is 11.3. The molecule has 0 N–H and O–H groups in total. The van der Waals surface area contributed by atoms with E-state index in [1.165, 1.54) is 5.56 Å². The van der Waals surface area contributed by atoms with E-state index < -0.39 is 11.7 Å². The first-order chi connectivity index (χ1) is 9.99. The first kappa shape index (κ1) is 17.7. The fraction of sp³-hybridized carbons (Fsp3) is 0.611. The first-order valence-corrected chi connectivity index (χ1v) is 7.86. The maximum Gasteiger partial charge on any atom is 0.313 e. The zero-order valence-corrected chi connectivity index (χ0v) is 13.7. The summed E-state index contributed by atoms with van der Waals surface area (Å²) in [6, 6.07) is 10.2. The van der Waals surface area contributed by atoms with Crippen LogP contribution in [0.4, 0.5) is 0 Å². The number of hydrogen-bond acceptors (Lipinski definition) is 3. The fourth-order valence-corrected chi connectivity index (χ4v) is 1.79. The average molecular weight is 292 g/mol. The maximum absolute atomic E-state index is 12.1. The largest absolute Gasteiger partial charge is 0.435 e. The van der Waals surface area contributed by atoms with E-state index in [1.807, 2.05) is 39.0 Å². The number of rotatable bonds is 9. The molecule has 3 heteroatoms. The molecule has 0 amide bonds. The molecule has 1 atom stereocenters. The molecule has 0 heterocycles. The molecular formula is C18H28O3. The van der Waals surface area contributed by atoms with Gasteiger partial charge in [0.15, 0.2) is 0 Å². The normalized spacial score (nSPS) is 13.0. The van der Waals surface area contributed by atoms with E-state index in [0.29, 0.717) is 6.61 Å². The van der Waals surface area contributed by atoms with Crippen molar-refractivity contribution in [3.63, 3.8) is 0 Å². The van der Waals surface area contributed by atoms with Gasteiger partial charge in [-0.15, -0.1) is 0 Å². The van der Waals surface area contributed by atoms with E-state index in [0.717, 1.165) is 25.7 Å². The monoisotopic (exact) mass is 292 g/mol. The van der Waals surface area contributed by atoms with Gasteiger partial charge in [-0.2, -0.15) is 0 Å². The molecule has 1 unspecified atom stereocenters. The molecule has 0 spiro atoms. The predicted octanol–water partition coefficient (Wildman–Crippen LogP) is 4.35. The topological polar surface area (TPSA) is 35.5 Å². The van der Waals surface area contributed by atoms with Gasteiger partial charge in [0.2, 0.25) is 6.29 Å². The van der Waals surface area contributed by atoms with Gasteiger partial charge in [-0.25, -0.2) is 0 Å². The third-order valence-corrected chi connectivity index (χ3v) is 3.74. The molecule has 0 radical (unpaired) electrons. The van der Waals surface area contributed by atoms with Gasteiger partial charge in [-0.1, -0.05) is 50.6 Å². The number of benzene rings is 1. The minimum atomic E-state index is -0.450. The Morgan fingerprint density at radius 1 is 1.19 bits per heavy atom. The van der Waals surface area contributed by atoms with Gasteiger partial charge in [0.25, 0.3) is 0 Å². The first-order valence-electron chi connectivity index (χ1n) is 7.86. The van der Waals surface area contributed by atoms with Gasteiger partial charge >= 0.3 is 5.97 Å². The molecular weight excluding hydrogens is 264 g/mol. The minimum Gasteiger partial charge on any atom is -0.435 e. The van der Waals surface area contributed by atoms with Crippen molar-refractivity contribution in [2.75, 3.05) is 6.61 Å². The second-order valence-corrected chi connectivity index (χ2v) is 5.97. The van der Waals surface area contributed by atoms with E-state index in [4.69, 9.17) is 9.47 Å². The van der Waals surface area contributed by atoms with Gasteiger partial charge in [-0.3, -0.25) is 4.79 Å². The summed E-state index contributed by atoms with van der Waals surface area (Å²) in [4.78, 5) is 12.1. The van der Waals surface area contributed by atoms with Gasteiger partial charge < -0.3 is 9.47 Å². The molecule has 0 aliphatic heterocycles. The second kappa shape index (κ2) is 8.83. The van der Waals surface area contributed by atoms with Crippen molar-refractivity contribution in [3.8, 4) is 0 Å². The number of ether oxygens (including phenoxy) is 2. The number of hydrogen-bond donors (Lipinski definition) is 0. The van der Waals surface area contributed by atoms with Gasteiger partial charge in [0, 0.05) is 6.42 Å². The molecule has 1 aromatic rings. The molecule has 118 valence electrons. The summed E-state index contributed by atoms with van der Waals surface area (Å²) in [7, 11) is 0. The van der Waals surface area contributed by atoms with Crippen LogP contribution in [0.15, 0.2) is 30.3 Å². The lowest BCUT2D eigenvalue weighted by molar-refractivity contribution is -0.190. The third kappa shape index (κ3) is 6.30. The Morgan fingerprint density at radius 2 is 1.86 bits per heavy atom. The SMILES string of the molecule is CCCC(OCCc1ccccc1)OC(=O)C(C)(C)CC. The molecule has 21 heavy (non-hydrogen) atoms. The Hall–Kier alpha value is -1.35. The van der Waals surface area contributed by atoms with Crippen LogP contribution >= 0.6 is 0 Å². The summed E-state index contributed by atoms with van der Waals surface area (Å²) in [6.07, 6.45) is 2.82. The zero-order chi connectivity index (χ0) is 15.7. The van der Waals surface area contributed by atoms with Gasteiger partial charge in [0.1, 0.15) is 0 Å². The van der Waals surface area contributed by atoms with Crippen LogP contribution in [0.1, 0.15) is 52.5 Å². The van der Waals surface area contributed by atoms with E-state index in [2.05, 4.69) is 19.1 Å². The number of carbonyl (C=O) groups is 1. The zero-order valence-electron chi connectivity index (χ0n) is 13.7. The molecule has 0 bridgehead atoms. The van der Waals surface area contributed by atoms with Crippen LogP contribution in [0.5, 0.6) is 0 Å². The van der Waals surface area contributed by atoms with Crippen molar-refractivity contribution >= 4 is 5.97 Å². The Kier molecular flexibility index (Phi) is 7.44. The lowest BCUT2D eigenvalue weighted by Crippen LogP contribution is -2.31. The Labute approximate surface area is 128 Å². The van der Waals surface area contributed by atoms with Crippen LogP contribution in [0.3, 0.4) is 0 Å². The molecule has 1 rings (SSSR count). The molecule has 0 aliphatic carbocycles. The summed E-state index contributed by atoms with van der Waals surface area (Å²) in [5.41, 5.74) is 0.780. The molecule has 0 aromatic heterocycles. The highest BCUT2D eigenvalue weighted by Crippen LogP contribution is 2.23. The van der Waals surface area contributed by atoms with Crippen LogP contribution in [0.2, 0.25) is 0 Å². The summed E-state index contributed by atoms with van der Waals surface area (Å²) in [5.74, 6) is -0.178. The third-order valence-electron chi connectivity index (χ3n) is 3.74. The molecule has 1 aromatic carbocycles. The average Bonchev–Trinajstić information content (AvgIpc) is 2.48. The fourth-order valence-electron chi connectivity index (χ4n) is 1.79. The standard InChI is InChI=1S/C18H28O3/c1-5-10-16(21-17(19)18(3,4)6-2)20-14-13-15-11-8-7-9-12-15/h7-9,11-12,16H,5-6,10,13-14H2,1-4H3. The highest BCUT2D eigenvalue weighted by molar-refractivity contribution is 5.75. The lowest BCUT2D eigenvalue weighted by Gasteiger charge is -2.25. The van der Waals surface area contributed by atoms with E-state index in [9.17, 15) is 4.79 Å². The van der Waals surface area contributed by atoms with Crippen molar-refractivity contribution in [2.45, 2.75) is 59.7 Å². The number of esters is 1. The Morgan fingerprint density at radius 3 is 2.43 bits per heavy atom. The van der Waals surface area contributed by atoms with Crippen LogP contribution in [0, 0.1) is 5.41 Å². The van der Waals surface area contributed by atoms with Crippen molar-refractivity contribution in [2.24, 2.45) is 5.41 Å². The lowest BCUT2D eigenvalue weighted by atomic mass is 9.91. The van der Waals surface area contributed by atoms with E-state index >= 15 is 0 Å². The van der Waals surface area contributed by atoms with Crippen molar-refractivity contribution in [1.29, 1.82) is 0 Å². The van der Waals surface area contributed by atoms with Crippen LogP contribution < -0.4 is 0 Å². The van der Waals surface area contributed by atoms with E-state index in [-0.39, 0.29) is 5.97 Å².